The molecule has 5 nitrogen and oxygen atoms in total. The molecule has 5 N–H and O–H groups in total. The van der Waals surface area contributed by atoms with Gasteiger partial charge in [0.2, 0.25) is 10.0 Å². The van der Waals surface area contributed by atoms with Crippen molar-refractivity contribution >= 4 is 22.4 Å². The van der Waals surface area contributed by atoms with Gasteiger partial charge < -0.3 is 10.8 Å². The molecule has 0 aliphatic carbocycles. The van der Waals surface area contributed by atoms with E-state index in [1.807, 2.05) is 0 Å². The maximum atomic E-state index is 11.2. The van der Waals surface area contributed by atoms with E-state index in [1.165, 1.54) is 6.07 Å². The van der Waals surface area contributed by atoms with Crippen molar-refractivity contribution in [2.75, 3.05) is 6.54 Å². The van der Waals surface area contributed by atoms with E-state index in [9.17, 15) is 13.5 Å². The second kappa shape index (κ2) is 5.60. The molecule has 1 rings (SSSR count). The Bertz CT molecular complexity index is 462. The average Bonchev–Trinajstić information content (AvgIpc) is 2.15. The zero-order valence-corrected chi connectivity index (χ0v) is 10.4. The number of nitrogens with two attached hydrogens (primary N) is 2. The maximum absolute atomic E-state index is 11.2. The SMILES string of the molecule is Cc1ccc([C@H](O)CN)cc1S(N)(=O)=O.Cl. The summed E-state index contributed by atoms with van der Waals surface area (Å²) in [4.78, 5) is 0.0208. The van der Waals surface area contributed by atoms with E-state index in [0.29, 0.717) is 11.1 Å². The van der Waals surface area contributed by atoms with E-state index in [4.69, 9.17) is 10.9 Å². The number of hydrogen-bond acceptors (Lipinski definition) is 4. The molecule has 0 radical (unpaired) electrons. The molecule has 0 saturated carbocycles. The summed E-state index contributed by atoms with van der Waals surface area (Å²) >= 11 is 0. The molecule has 0 aliphatic heterocycles. The Morgan fingerprint density at radius 2 is 2.00 bits per heavy atom. The van der Waals surface area contributed by atoms with Crippen molar-refractivity contribution in [3.8, 4) is 0 Å². The first-order chi connectivity index (χ1) is 6.86. The lowest BCUT2D eigenvalue weighted by Crippen LogP contribution is -2.16. The van der Waals surface area contributed by atoms with Crippen molar-refractivity contribution in [1.29, 1.82) is 0 Å². The summed E-state index contributed by atoms with van der Waals surface area (Å²) in [7, 11) is -3.75. The van der Waals surface area contributed by atoms with E-state index < -0.39 is 16.1 Å². The summed E-state index contributed by atoms with van der Waals surface area (Å²) < 4.78 is 22.4. The molecule has 16 heavy (non-hydrogen) atoms. The number of aliphatic hydroxyl groups is 1. The van der Waals surface area contributed by atoms with Crippen LogP contribution in [0.2, 0.25) is 0 Å². The number of aliphatic hydroxyl groups excluding tert-OH is 1. The summed E-state index contributed by atoms with van der Waals surface area (Å²) in [6.45, 7) is 1.67. The smallest absolute Gasteiger partial charge is 0.238 e. The van der Waals surface area contributed by atoms with Gasteiger partial charge in [-0.2, -0.15) is 0 Å². The van der Waals surface area contributed by atoms with Crippen LogP contribution in [0.1, 0.15) is 17.2 Å². The fourth-order valence-electron chi connectivity index (χ4n) is 1.27. The quantitative estimate of drug-likeness (QED) is 0.719. The topological polar surface area (TPSA) is 106 Å². The predicted molar refractivity (Wildman–Crippen MR) is 63.8 cm³/mol. The van der Waals surface area contributed by atoms with Crippen molar-refractivity contribution < 1.29 is 13.5 Å². The van der Waals surface area contributed by atoms with Crippen LogP contribution in [0, 0.1) is 6.92 Å². The molecule has 0 unspecified atom stereocenters. The molecule has 0 fully saturated rings. The number of halogens is 1. The highest BCUT2D eigenvalue weighted by Crippen LogP contribution is 2.19. The van der Waals surface area contributed by atoms with Gasteiger partial charge in [-0.3, -0.25) is 0 Å². The molecular formula is C9H15ClN2O3S. The van der Waals surface area contributed by atoms with Gasteiger partial charge >= 0.3 is 0 Å². The van der Waals surface area contributed by atoms with Gasteiger partial charge in [0.25, 0.3) is 0 Å². The van der Waals surface area contributed by atoms with Crippen LogP contribution in [0.5, 0.6) is 0 Å². The van der Waals surface area contributed by atoms with Crippen LogP contribution >= 0.6 is 12.4 Å². The van der Waals surface area contributed by atoms with Gasteiger partial charge in [-0.25, -0.2) is 13.6 Å². The predicted octanol–water partition coefficient (Wildman–Crippen LogP) is 0.0563. The molecule has 1 atom stereocenters. The van der Waals surface area contributed by atoms with Crippen LogP contribution in [-0.2, 0) is 10.0 Å². The molecule has 1 aromatic rings. The highest BCUT2D eigenvalue weighted by atomic mass is 35.5. The standard InChI is InChI=1S/C9H14N2O3S.ClH/c1-6-2-3-7(8(12)5-10)4-9(6)15(11,13)14;/h2-4,8,12H,5,10H2,1H3,(H2,11,13,14);1H/t8-;/m1./s1. The van der Waals surface area contributed by atoms with Gasteiger partial charge in [-0.1, -0.05) is 12.1 Å². The Morgan fingerprint density at radius 3 is 2.44 bits per heavy atom. The molecule has 92 valence electrons. The second-order valence-corrected chi connectivity index (χ2v) is 4.85. The first-order valence-corrected chi connectivity index (χ1v) is 5.92. The number of sulfonamides is 1. The zero-order valence-electron chi connectivity index (χ0n) is 8.75. The van der Waals surface area contributed by atoms with Gasteiger partial charge in [0.15, 0.2) is 0 Å². The number of aryl methyl sites for hydroxylation is 1. The minimum absolute atomic E-state index is 0. The van der Waals surface area contributed by atoms with Crippen molar-refractivity contribution in [2.24, 2.45) is 10.9 Å². The maximum Gasteiger partial charge on any atom is 0.238 e. The molecule has 0 heterocycles. The molecule has 1 aromatic carbocycles. The van der Waals surface area contributed by atoms with Crippen LogP contribution in [0.3, 0.4) is 0 Å². The van der Waals surface area contributed by atoms with Gasteiger partial charge in [0, 0.05) is 6.54 Å². The van der Waals surface area contributed by atoms with Gasteiger partial charge in [0.05, 0.1) is 11.0 Å². The van der Waals surface area contributed by atoms with Crippen molar-refractivity contribution in [3.05, 3.63) is 29.3 Å². The number of rotatable bonds is 3. The Morgan fingerprint density at radius 1 is 1.44 bits per heavy atom. The Kier molecular flexibility index (Phi) is 5.37. The lowest BCUT2D eigenvalue weighted by molar-refractivity contribution is 0.186. The molecule has 0 aliphatic rings. The molecular weight excluding hydrogens is 252 g/mol. The first kappa shape index (κ1) is 15.3. The third-order valence-electron chi connectivity index (χ3n) is 2.13. The Balaban J connectivity index is 0.00000225. The molecule has 0 saturated heterocycles. The first-order valence-electron chi connectivity index (χ1n) is 4.37. The van der Waals surface area contributed by atoms with Gasteiger partial charge in [-0.05, 0) is 24.1 Å². The largest absolute Gasteiger partial charge is 0.387 e. The van der Waals surface area contributed by atoms with Crippen LogP contribution in [0.15, 0.2) is 23.1 Å². The molecule has 0 bridgehead atoms. The van der Waals surface area contributed by atoms with E-state index in [1.54, 1.807) is 19.1 Å². The van der Waals surface area contributed by atoms with Crippen LogP contribution in [0.4, 0.5) is 0 Å². The zero-order chi connectivity index (χ0) is 11.6. The lowest BCUT2D eigenvalue weighted by atomic mass is 10.1. The van der Waals surface area contributed by atoms with E-state index in [2.05, 4.69) is 0 Å². The molecule has 0 spiro atoms. The van der Waals surface area contributed by atoms with Gasteiger partial charge in [0.1, 0.15) is 0 Å². The van der Waals surface area contributed by atoms with Crippen LogP contribution in [0.25, 0.3) is 0 Å². The van der Waals surface area contributed by atoms with E-state index in [-0.39, 0.29) is 23.8 Å². The minimum Gasteiger partial charge on any atom is -0.387 e. The summed E-state index contributed by atoms with van der Waals surface area (Å²) in [5.41, 5.74) is 6.27. The number of primary sulfonamides is 1. The van der Waals surface area contributed by atoms with E-state index in [0.717, 1.165) is 0 Å². The van der Waals surface area contributed by atoms with Crippen LogP contribution < -0.4 is 10.9 Å². The Hall–Kier alpha value is -0.660. The molecule has 0 amide bonds. The average molecular weight is 267 g/mol. The number of hydrogen-bond donors (Lipinski definition) is 3. The second-order valence-electron chi connectivity index (χ2n) is 3.32. The fourth-order valence-corrected chi connectivity index (χ4v) is 2.08. The summed E-state index contributed by atoms with van der Waals surface area (Å²) in [6.07, 6.45) is -0.869. The normalized spacial score (nSPS) is 13.0. The fraction of sp³-hybridized carbons (Fsp3) is 0.333. The Labute approximate surface area is 101 Å². The van der Waals surface area contributed by atoms with Crippen LogP contribution in [-0.4, -0.2) is 20.1 Å². The van der Waals surface area contributed by atoms with Crippen molar-refractivity contribution in [3.63, 3.8) is 0 Å². The minimum atomic E-state index is -3.75. The van der Waals surface area contributed by atoms with Crippen molar-refractivity contribution in [1.82, 2.24) is 0 Å². The highest BCUT2D eigenvalue weighted by molar-refractivity contribution is 7.89. The third kappa shape index (κ3) is 3.43. The molecule has 7 heteroatoms. The monoisotopic (exact) mass is 266 g/mol. The van der Waals surface area contributed by atoms with E-state index >= 15 is 0 Å². The van der Waals surface area contributed by atoms with Gasteiger partial charge in [-0.15, -0.1) is 12.4 Å². The summed E-state index contributed by atoms with van der Waals surface area (Å²) in [5.74, 6) is 0. The van der Waals surface area contributed by atoms with Crippen molar-refractivity contribution in [2.45, 2.75) is 17.9 Å². The summed E-state index contributed by atoms with van der Waals surface area (Å²) in [6, 6.07) is 4.57. The summed E-state index contributed by atoms with van der Waals surface area (Å²) in [5, 5.41) is 14.5. The number of benzene rings is 1. The lowest BCUT2D eigenvalue weighted by Gasteiger charge is -2.10. The molecule has 0 aromatic heterocycles. The third-order valence-corrected chi connectivity index (χ3v) is 3.18. The highest BCUT2D eigenvalue weighted by Gasteiger charge is 2.14.